The van der Waals surface area contributed by atoms with E-state index in [1.807, 2.05) is 0 Å². The first-order valence-electron chi connectivity index (χ1n) is 14.8. The van der Waals surface area contributed by atoms with E-state index >= 15 is 0 Å². The largest absolute Gasteiger partial charge is 0.494 e. The summed E-state index contributed by atoms with van der Waals surface area (Å²) < 4.78 is 67.1. The maximum absolute atomic E-state index is 14.3. The molecule has 9 nitrogen and oxygen atoms in total. The fourth-order valence-electron chi connectivity index (χ4n) is 5.10. The van der Waals surface area contributed by atoms with Crippen molar-refractivity contribution in [3.05, 3.63) is 129 Å². The maximum atomic E-state index is 14.3. The molecule has 1 aliphatic rings. The number of rotatable bonds is 14. The van der Waals surface area contributed by atoms with Crippen LogP contribution in [0, 0.1) is 11.6 Å². The summed E-state index contributed by atoms with van der Waals surface area (Å²) in [6.07, 6.45) is -1.15. The van der Waals surface area contributed by atoms with Crippen LogP contribution in [0.3, 0.4) is 0 Å². The number of nitrogens with zero attached hydrogens (tertiary/aromatic N) is 1. The van der Waals surface area contributed by atoms with Crippen LogP contribution < -0.4 is 15.6 Å². The molecule has 0 saturated heterocycles. The van der Waals surface area contributed by atoms with Gasteiger partial charge < -0.3 is 14.6 Å². The van der Waals surface area contributed by atoms with Crippen LogP contribution in [0.2, 0.25) is 10.0 Å². The highest BCUT2D eigenvalue weighted by Crippen LogP contribution is 2.45. The first kappa shape index (κ1) is 35.2. The topological polar surface area (TPSA) is 126 Å². The molecule has 5 rings (SSSR count). The lowest BCUT2D eigenvalue weighted by molar-refractivity contribution is -0.130. The van der Waals surface area contributed by atoms with E-state index in [1.54, 1.807) is 54.6 Å². The minimum Gasteiger partial charge on any atom is -0.494 e. The van der Waals surface area contributed by atoms with Crippen LogP contribution in [0.15, 0.2) is 101 Å². The van der Waals surface area contributed by atoms with Crippen molar-refractivity contribution in [2.75, 3.05) is 19.0 Å². The lowest BCUT2D eigenvalue weighted by Crippen LogP contribution is -2.53. The Kier molecular flexibility index (Phi) is 11.3. The molecule has 2 atom stereocenters. The van der Waals surface area contributed by atoms with E-state index in [1.165, 1.54) is 18.2 Å². The Hall–Kier alpha value is -4.07. The fraction of sp³-hybridized carbons (Fsp3) is 0.235. The molecule has 48 heavy (non-hydrogen) atoms. The molecule has 0 spiro atoms. The summed E-state index contributed by atoms with van der Waals surface area (Å²) in [5.74, 6) is -2.13. The second-order valence-electron chi connectivity index (χ2n) is 10.9. The van der Waals surface area contributed by atoms with Crippen molar-refractivity contribution in [2.45, 2.75) is 35.9 Å². The van der Waals surface area contributed by atoms with Crippen LogP contribution >= 0.6 is 23.2 Å². The average Bonchev–Trinajstić information content (AvgIpc) is 3.47. The number of carbonyl (C=O) groups excluding carboxylic acids is 1. The summed E-state index contributed by atoms with van der Waals surface area (Å²) in [5, 5.41) is 9.50. The Morgan fingerprint density at radius 1 is 1.00 bits per heavy atom. The molecule has 1 amide bonds. The number of sulfone groups is 1. The third-order valence-corrected chi connectivity index (χ3v) is 9.91. The number of aliphatic hydroxyl groups excluding tert-OH is 1. The molecule has 4 aromatic carbocycles. The predicted molar refractivity (Wildman–Crippen MR) is 178 cm³/mol. The van der Waals surface area contributed by atoms with Gasteiger partial charge >= 0.3 is 0 Å². The lowest BCUT2D eigenvalue weighted by atomic mass is 9.85. The summed E-state index contributed by atoms with van der Waals surface area (Å²) in [5.41, 5.74) is 3.90. The number of halogens is 4. The Bertz CT molecular complexity index is 1900. The molecular weight excluding hydrogens is 687 g/mol. The average molecular weight is 719 g/mol. The monoisotopic (exact) mass is 717 g/mol. The molecule has 0 radical (unpaired) electrons. The number of amides is 1. The molecule has 1 aliphatic heterocycles. The zero-order valence-corrected chi connectivity index (χ0v) is 27.7. The summed E-state index contributed by atoms with van der Waals surface area (Å²) >= 11 is 12.8. The Morgan fingerprint density at radius 2 is 1.75 bits per heavy atom. The van der Waals surface area contributed by atoms with Gasteiger partial charge in [-0.1, -0.05) is 47.5 Å². The highest BCUT2D eigenvalue weighted by Gasteiger charge is 2.54. The fourth-order valence-corrected chi connectivity index (χ4v) is 7.00. The van der Waals surface area contributed by atoms with E-state index in [0.717, 1.165) is 18.2 Å². The minimum absolute atomic E-state index is 0.0203. The lowest BCUT2D eigenvalue weighted by Gasteiger charge is -2.31. The molecule has 4 aromatic rings. The van der Waals surface area contributed by atoms with Crippen molar-refractivity contribution in [3.8, 4) is 5.75 Å². The second-order valence-corrected chi connectivity index (χ2v) is 13.8. The highest BCUT2D eigenvalue weighted by atomic mass is 35.5. The van der Waals surface area contributed by atoms with Crippen molar-refractivity contribution in [3.63, 3.8) is 0 Å². The Balaban J connectivity index is 1.54. The van der Waals surface area contributed by atoms with Gasteiger partial charge in [0.2, 0.25) is 5.90 Å². The number of ether oxygens (including phenoxy) is 2. The first-order valence-corrected chi connectivity index (χ1v) is 17.2. The molecule has 14 heteroatoms. The van der Waals surface area contributed by atoms with Gasteiger partial charge in [0.05, 0.1) is 17.3 Å². The van der Waals surface area contributed by atoms with Gasteiger partial charge in [0.15, 0.2) is 21.5 Å². The number of carbonyl (C=O) groups is 1. The van der Waals surface area contributed by atoms with E-state index in [-0.39, 0.29) is 41.0 Å². The third kappa shape index (κ3) is 8.13. The SMILES string of the molecule is O=C(NNCc1cc(F)ccc1F)[C@@]1(CCS(=O)(=O)c2ccccc2)N=C(c2ccc(OCCCO)cc2)O[C@H]1c1ccc(Cl)cc1Cl. The van der Waals surface area contributed by atoms with E-state index in [2.05, 4.69) is 10.9 Å². The number of hydrazine groups is 1. The summed E-state index contributed by atoms with van der Waals surface area (Å²) in [7, 11) is -3.92. The molecule has 0 aromatic heterocycles. The molecule has 0 bridgehead atoms. The maximum Gasteiger partial charge on any atom is 0.266 e. The standard InChI is InChI=1S/C34H31Cl2F2N3O6S/c35-24-9-13-28(29(36)20-24)31-34(15-18-48(44,45)27-5-2-1-3-6-27,33(43)41-39-21-23-19-25(37)10-14-30(23)38)40-32(47-31)22-7-11-26(12-8-22)46-17-4-16-42/h1-3,5-14,19-20,31,39,42H,4,15-18,21H2,(H,41,43)/t31-,34-/m0/s1. The molecule has 1 heterocycles. The van der Waals surface area contributed by atoms with Crippen LogP contribution in [-0.4, -0.2) is 49.8 Å². The summed E-state index contributed by atoms with van der Waals surface area (Å²) in [6, 6.07) is 21.9. The van der Waals surface area contributed by atoms with Gasteiger partial charge in [-0.25, -0.2) is 27.6 Å². The van der Waals surface area contributed by atoms with Crippen LogP contribution in [0.4, 0.5) is 8.78 Å². The number of hydrogen-bond acceptors (Lipinski definition) is 8. The number of aliphatic imine (C=N–C) groups is 1. The number of hydrogen-bond donors (Lipinski definition) is 3. The molecule has 252 valence electrons. The van der Waals surface area contributed by atoms with Gasteiger partial charge in [0.25, 0.3) is 5.91 Å². The number of aliphatic hydroxyl groups is 1. The Labute approximate surface area is 286 Å². The van der Waals surface area contributed by atoms with Gasteiger partial charge in [-0.2, -0.15) is 0 Å². The van der Waals surface area contributed by atoms with Gasteiger partial charge in [0.1, 0.15) is 17.4 Å². The molecule has 0 unspecified atom stereocenters. The molecular formula is C34H31Cl2F2N3O6S. The molecule has 3 N–H and O–H groups in total. The van der Waals surface area contributed by atoms with Crippen molar-refractivity contribution < 1.29 is 36.6 Å². The van der Waals surface area contributed by atoms with Gasteiger partial charge in [-0.05, 0) is 66.7 Å². The number of benzene rings is 4. The smallest absolute Gasteiger partial charge is 0.266 e. The van der Waals surface area contributed by atoms with Crippen molar-refractivity contribution in [1.29, 1.82) is 0 Å². The highest BCUT2D eigenvalue weighted by molar-refractivity contribution is 7.91. The molecule has 0 aliphatic carbocycles. The van der Waals surface area contributed by atoms with E-state index in [9.17, 15) is 22.0 Å². The first-order chi connectivity index (χ1) is 23.0. The summed E-state index contributed by atoms with van der Waals surface area (Å²) in [6.45, 7) is -0.0149. The van der Waals surface area contributed by atoms with Crippen molar-refractivity contribution >= 4 is 44.8 Å². The number of nitrogens with one attached hydrogen (secondary N) is 2. The van der Waals surface area contributed by atoms with Gasteiger partial charge in [-0.3, -0.25) is 10.2 Å². The minimum atomic E-state index is -3.92. The normalized spacial score (nSPS) is 17.4. The van der Waals surface area contributed by atoms with E-state index in [4.69, 9.17) is 42.8 Å². The quantitative estimate of drug-likeness (QED) is 0.108. The van der Waals surface area contributed by atoms with E-state index < -0.39 is 44.8 Å². The molecule has 0 fully saturated rings. The second kappa shape index (κ2) is 15.4. The summed E-state index contributed by atoms with van der Waals surface area (Å²) in [4.78, 5) is 19.1. The van der Waals surface area contributed by atoms with Crippen LogP contribution in [0.1, 0.15) is 35.6 Å². The van der Waals surface area contributed by atoms with Gasteiger partial charge in [0, 0.05) is 52.7 Å². The van der Waals surface area contributed by atoms with Crippen LogP contribution in [0.25, 0.3) is 0 Å². The molecule has 0 saturated carbocycles. The Morgan fingerprint density at radius 3 is 2.46 bits per heavy atom. The zero-order chi connectivity index (χ0) is 34.3. The van der Waals surface area contributed by atoms with Crippen LogP contribution in [-0.2, 0) is 25.9 Å². The van der Waals surface area contributed by atoms with Crippen molar-refractivity contribution in [2.24, 2.45) is 4.99 Å². The predicted octanol–water partition coefficient (Wildman–Crippen LogP) is 5.97. The van der Waals surface area contributed by atoms with E-state index in [0.29, 0.717) is 34.9 Å². The third-order valence-electron chi connectivity index (χ3n) is 7.62. The van der Waals surface area contributed by atoms with Crippen molar-refractivity contribution in [1.82, 2.24) is 10.9 Å². The zero-order valence-electron chi connectivity index (χ0n) is 25.3. The van der Waals surface area contributed by atoms with Gasteiger partial charge in [-0.15, -0.1) is 0 Å². The van der Waals surface area contributed by atoms with Crippen LogP contribution in [0.5, 0.6) is 5.75 Å².